The summed E-state index contributed by atoms with van der Waals surface area (Å²) in [6.45, 7) is 2.27. The van der Waals surface area contributed by atoms with Crippen LogP contribution in [0.4, 0.5) is 0 Å². The van der Waals surface area contributed by atoms with Gasteiger partial charge in [0.05, 0.1) is 0 Å². The van der Waals surface area contributed by atoms with Crippen molar-refractivity contribution in [1.29, 1.82) is 0 Å². The molecular formula is C3H11NO5P2. The first-order chi connectivity index (χ1) is 4.83. The Balaban J connectivity index is 4.26. The zero-order valence-corrected chi connectivity index (χ0v) is 8.30. The normalized spacial score (nSPS) is 22.2. The van der Waals surface area contributed by atoms with Crippen LogP contribution in [0.2, 0.25) is 0 Å². The molecule has 0 heterocycles. The van der Waals surface area contributed by atoms with Crippen LogP contribution >= 0.6 is 15.2 Å². The fraction of sp³-hybridized carbons (Fsp3) is 1.00. The Morgan fingerprint density at radius 1 is 1.18 bits per heavy atom. The Morgan fingerprint density at radius 3 is 1.91 bits per heavy atom. The molecule has 68 valence electrons. The van der Waals surface area contributed by atoms with Crippen LogP contribution in [0.3, 0.4) is 0 Å². The van der Waals surface area contributed by atoms with E-state index in [2.05, 4.69) is 19.4 Å². The topological polar surface area (TPSA) is 87.8 Å². The first kappa shape index (κ1) is 11.3. The quantitative estimate of drug-likeness (QED) is 0.545. The number of nitrogens with two attached hydrogens (primary N) is 1. The van der Waals surface area contributed by atoms with Crippen molar-refractivity contribution in [3.05, 3.63) is 0 Å². The SMILES string of the molecule is COP(C)(=O)OP(C)(=O)ON. The van der Waals surface area contributed by atoms with Crippen LogP contribution in [0.5, 0.6) is 0 Å². The average Bonchev–Trinajstić information content (AvgIpc) is 1.86. The number of hydrogen-bond acceptors (Lipinski definition) is 6. The van der Waals surface area contributed by atoms with E-state index in [0.717, 1.165) is 6.66 Å². The van der Waals surface area contributed by atoms with Crippen LogP contribution in [0.25, 0.3) is 0 Å². The molecule has 0 aromatic carbocycles. The van der Waals surface area contributed by atoms with Crippen LogP contribution in [0, 0.1) is 0 Å². The van der Waals surface area contributed by atoms with Gasteiger partial charge in [0.1, 0.15) is 0 Å². The molecule has 0 fully saturated rings. The highest BCUT2D eigenvalue weighted by Crippen LogP contribution is 2.59. The van der Waals surface area contributed by atoms with E-state index in [1.807, 2.05) is 0 Å². The molecule has 2 N–H and O–H groups in total. The summed E-state index contributed by atoms with van der Waals surface area (Å²) in [5.74, 6) is 4.60. The summed E-state index contributed by atoms with van der Waals surface area (Å²) in [5.41, 5.74) is 0. The summed E-state index contributed by atoms with van der Waals surface area (Å²) in [6, 6.07) is 0. The molecule has 0 bridgehead atoms. The van der Waals surface area contributed by atoms with Gasteiger partial charge in [0, 0.05) is 20.4 Å². The van der Waals surface area contributed by atoms with Gasteiger partial charge in [-0.15, -0.1) is 0 Å². The second kappa shape index (κ2) is 3.81. The molecule has 0 radical (unpaired) electrons. The molecule has 0 rings (SSSR count). The van der Waals surface area contributed by atoms with E-state index >= 15 is 0 Å². The van der Waals surface area contributed by atoms with E-state index < -0.39 is 15.2 Å². The largest absolute Gasteiger partial charge is 0.350 e. The lowest BCUT2D eigenvalue weighted by atomic mass is 11.8. The predicted octanol–water partition coefficient (Wildman–Crippen LogP) is 1.19. The summed E-state index contributed by atoms with van der Waals surface area (Å²) in [6.07, 6.45) is 0. The van der Waals surface area contributed by atoms with Gasteiger partial charge in [-0.3, -0.25) is 9.13 Å². The maximum Gasteiger partial charge on any atom is 0.350 e. The van der Waals surface area contributed by atoms with Gasteiger partial charge >= 0.3 is 15.2 Å². The van der Waals surface area contributed by atoms with Crippen molar-refractivity contribution in [2.24, 2.45) is 5.90 Å². The number of rotatable bonds is 4. The Morgan fingerprint density at radius 2 is 1.64 bits per heavy atom. The van der Waals surface area contributed by atoms with E-state index in [-0.39, 0.29) is 0 Å². The molecule has 0 spiro atoms. The average molecular weight is 203 g/mol. The molecule has 0 aliphatic rings. The highest BCUT2D eigenvalue weighted by molar-refractivity contribution is 7.66. The van der Waals surface area contributed by atoms with Crippen LogP contribution in [-0.2, 0) is 22.6 Å². The van der Waals surface area contributed by atoms with Gasteiger partial charge in [0.2, 0.25) is 0 Å². The summed E-state index contributed by atoms with van der Waals surface area (Å²) in [5, 5.41) is 0. The van der Waals surface area contributed by atoms with Crippen molar-refractivity contribution in [3.63, 3.8) is 0 Å². The molecule has 8 heteroatoms. The Hall–Kier alpha value is 0.300. The van der Waals surface area contributed by atoms with E-state index in [1.54, 1.807) is 0 Å². The lowest BCUT2D eigenvalue weighted by Crippen LogP contribution is -1.98. The van der Waals surface area contributed by atoms with Gasteiger partial charge in [-0.05, 0) is 0 Å². The second-order valence-electron chi connectivity index (χ2n) is 1.91. The van der Waals surface area contributed by atoms with Gasteiger partial charge in [0.15, 0.2) is 0 Å². The molecular weight excluding hydrogens is 192 g/mol. The third-order valence-corrected chi connectivity index (χ3v) is 4.24. The Kier molecular flexibility index (Phi) is 3.91. The van der Waals surface area contributed by atoms with Crippen molar-refractivity contribution >= 4 is 15.2 Å². The second-order valence-corrected chi connectivity index (χ2v) is 6.23. The van der Waals surface area contributed by atoms with Crippen LogP contribution in [-0.4, -0.2) is 20.4 Å². The van der Waals surface area contributed by atoms with Gasteiger partial charge in [-0.25, -0.2) is 14.8 Å². The monoisotopic (exact) mass is 203 g/mol. The summed E-state index contributed by atoms with van der Waals surface area (Å²) < 4.78 is 34.8. The van der Waals surface area contributed by atoms with Gasteiger partial charge in [0.25, 0.3) is 0 Å². The summed E-state index contributed by atoms with van der Waals surface area (Å²) in [4.78, 5) is 0. The smallest absolute Gasteiger partial charge is 0.312 e. The first-order valence-corrected chi connectivity index (χ1v) is 6.61. The maximum atomic E-state index is 11.0. The summed E-state index contributed by atoms with van der Waals surface area (Å²) in [7, 11) is -5.52. The van der Waals surface area contributed by atoms with E-state index in [9.17, 15) is 9.13 Å². The Bertz CT molecular complexity index is 194. The molecule has 6 nitrogen and oxygen atoms in total. The van der Waals surface area contributed by atoms with Crippen molar-refractivity contribution in [3.8, 4) is 0 Å². The molecule has 2 unspecified atom stereocenters. The highest BCUT2D eigenvalue weighted by atomic mass is 31.3. The molecule has 11 heavy (non-hydrogen) atoms. The van der Waals surface area contributed by atoms with Crippen molar-refractivity contribution in [1.82, 2.24) is 0 Å². The lowest BCUT2D eigenvalue weighted by molar-refractivity contribution is 0.256. The molecule has 0 saturated heterocycles. The van der Waals surface area contributed by atoms with Gasteiger partial charge in [-0.1, -0.05) is 0 Å². The highest BCUT2D eigenvalue weighted by Gasteiger charge is 2.27. The molecule has 0 aromatic rings. The van der Waals surface area contributed by atoms with E-state index in [0.29, 0.717) is 0 Å². The maximum absolute atomic E-state index is 11.0. The zero-order chi connectivity index (χ0) is 9.12. The van der Waals surface area contributed by atoms with Crippen LogP contribution in [0.1, 0.15) is 0 Å². The third-order valence-electron chi connectivity index (χ3n) is 0.820. The first-order valence-electron chi connectivity index (χ1n) is 2.63. The fourth-order valence-corrected chi connectivity index (χ4v) is 2.90. The standard InChI is InChI=1S/C3H11NO5P2/c1-7-10(2,5)9-11(3,6)8-4/h4H2,1-3H3. The van der Waals surface area contributed by atoms with Crippen LogP contribution in [0.15, 0.2) is 0 Å². The minimum Gasteiger partial charge on any atom is -0.312 e. The van der Waals surface area contributed by atoms with Gasteiger partial charge < -0.3 is 4.52 Å². The van der Waals surface area contributed by atoms with Crippen molar-refractivity contribution < 1.29 is 22.6 Å². The summed E-state index contributed by atoms with van der Waals surface area (Å²) >= 11 is 0. The predicted molar refractivity (Wildman–Crippen MR) is 40.4 cm³/mol. The minimum atomic E-state index is -3.42. The van der Waals surface area contributed by atoms with Crippen LogP contribution < -0.4 is 5.90 Å². The van der Waals surface area contributed by atoms with Crippen molar-refractivity contribution in [2.45, 2.75) is 0 Å². The number of hydrogen-bond donors (Lipinski definition) is 1. The molecule has 0 saturated carbocycles. The minimum absolute atomic E-state index is 1.10. The third kappa shape index (κ3) is 4.69. The lowest BCUT2D eigenvalue weighted by Gasteiger charge is -2.14. The fourth-order valence-electron chi connectivity index (χ4n) is 0.322. The molecule has 0 aromatic heterocycles. The van der Waals surface area contributed by atoms with E-state index in [1.165, 1.54) is 13.8 Å². The molecule has 0 aliphatic carbocycles. The zero-order valence-electron chi connectivity index (χ0n) is 6.51. The van der Waals surface area contributed by atoms with Crippen molar-refractivity contribution in [2.75, 3.05) is 20.4 Å². The molecule has 2 atom stereocenters. The van der Waals surface area contributed by atoms with E-state index in [4.69, 9.17) is 0 Å². The molecule has 0 aliphatic heterocycles. The van der Waals surface area contributed by atoms with Gasteiger partial charge in [-0.2, -0.15) is 0 Å². The Labute approximate surface area is 65.0 Å². The molecule has 0 amide bonds.